The molecule has 0 saturated carbocycles. The summed E-state index contributed by atoms with van der Waals surface area (Å²) in [6, 6.07) is 0. The van der Waals surface area contributed by atoms with E-state index in [9.17, 15) is 0 Å². The van der Waals surface area contributed by atoms with Gasteiger partial charge >= 0.3 is 0 Å². The summed E-state index contributed by atoms with van der Waals surface area (Å²) in [6.07, 6.45) is 2.60. The Morgan fingerprint density at radius 3 is 2.64 bits per heavy atom. The summed E-state index contributed by atoms with van der Waals surface area (Å²) in [4.78, 5) is 5.28. The minimum absolute atomic E-state index is 0.109. The summed E-state index contributed by atoms with van der Waals surface area (Å²) < 4.78 is 5.22. The van der Waals surface area contributed by atoms with E-state index in [0.29, 0.717) is 5.84 Å². The second kappa shape index (κ2) is 2.37. The van der Waals surface area contributed by atoms with Crippen LogP contribution in [0, 0.1) is 0 Å². The van der Waals surface area contributed by atoms with Crippen LogP contribution in [0.2, 0.25) is 0 Å². The first-order valence-corrected chi connectivity index (χ1v) is 3.89. The van der Waals surface area contributed by atoms with Gasteiger partial charge in [-0.05, 0) is 0 Å². The van der Waals surface area contributed by atoms with E-state index in [2.05, 4.69) is 5.16 Å². The van der Waals surface area contributed by atoms with Crippen molar-refractivity contribution in [3.8, 4) is 0 Å². The fourth-order valence-corrected chi connectivity index (χ4v) is 1.56. The third-order valence-corrected chi connectivity index (χ3v) is 2.26. The Balaban J connectivity index is 2.01. The fourth-order valence-electron chi connectivity index (χ4n) is 1.56. The van der Waals surface area contributed by atoms with Crippen LogP contribution in [-0.4, -0.2) is 24.7 Å². The highest BCUT2D eigenvalue weighted by molar-refractivity contribution is 5.81. The summed E-state index contributed by atoms with van der Waals surface area (Å²) in [5.74, 6) is 0.618. The summed E-state index contributed by atoms with van der Waals surface area (Å²) in [5.41, 5.74) is 5.42. The predicted molar refractivity (Wildman–Crippen MR) is 40.1 cm³/mol. The van der Waals surface area contributed by atoms with Gasteiger partial charge in [0.15, 0.2) is 0 Å². The molecule has 2 heterocycles. The van der Waals surface area contributed by atoms with Gasteiger partial charge in [-0.15, -0.1) is 0 Å². The molecule has 2 rings (SSSR count). The zero-order chi connectivity index (χ0) is 7.73. The lowest BCUT2D eigenvalue weighted by molar-refractivity contribution is -0.0919. The van der Waals surface area contributed by atoms with Crippen LogP contribution in [0.5, 0.6) is 0 Å². The summed E-state index contributed by atoms with van der Waals surface area (Å²) in [7, 11) is 0. The van der Waals surface area contributed by atoms with Crippen molar-refractivity contribution >= 4 is 5.84 Å². The maximum absolute atomic E-state index is 5.52. The zero-order valence-electron chi connectivity index (χ0n) is 6.38. The quantitative estimate of drug-likeness (QED) is 0.546. The Morgan fingerprint density at radius 1 is 1.36 bits per heavy atom. The van der Waals surface area contributed by atoms with Crippen molar-refractivity contribution in [1.82, 2.24) is 0 Å². The molecule has 0 aromatic heterocycles. The van der Waals surface area contributed by atoms with Crippen LogP contribution in [0.3, 0.4) is 0 Å². The number of ether oxygens (including phenoxy) is 1. The lowest BCUT2D eigenvalue weighted by atomic mass is 9.91. The molecule has 0 bridgehead atoms. The molecule has 4 nitrogen and oxygen atoms in total. The molecule has 0 aliphatic carbocycles. The SMILES string of the molecule is NC1=NOC2(CCOCC2)C1. The van der Waals surface area contributed by atoms with Gasteiger partial charge < -0.3 is 15.3 Å². The van der Waals surface area contributed by atoms with Crippen molar-refractivity contribution in [3.05, 3.63) is 0 Å². The first kappa shape index (κ1) is 6.91. The second-order valence-electron chi connectivity index (χ2n) is 3.15. The normalized spacial score (nSPS) is 28.2. The number of amidine groups is 1. The van der Waals surface area contributed by atoms with Crippen LogP contribution >= 0.6 is 0 Å². The Labute approximate surface area is 65.3 Å². The van der Waals surface area contributed by atoms with Crippen molar-refractivity contribution in [2.24, 2.45) is 10.9 Å². The number of hydrogen-bond acceptors (Lipinski definition) is 4. The molecule has 0 atom stereocenters. The monoisotopic (exact) mass is 156 g/mol. The van der Waals surface area contributed by atoms with Crippen molar-refractivity contribution in [1.29, 1.82) is 0 Å². The molecule has 4 heteroatoms. The first-order chi connectivity index (χ1) is 5.31. The molecule has 1 saturated heterocycles. The van der Waals surface area contributed by atoms with Crippen LogP contribution in [0.1, 0.15) is 19.3 Å². The summed E-state index contributed by atoms with van der Waals surface area (Å²) in [6.45, 7) is 1.53. The molecular weight excluding hydrogens is 144 g/mol. The Morgan fingerprint density at radius 2 is 2.09 bits per heavy atom. The second-order valence-corrected chi connectivity index (χ2v) is 3.15. The van der Waals surface area contributed by atoms with Gasteiger partial charge in [-0.25, -0.2) is 0 Å². The molecule has 2 N–H and O–H groups in total. The van der Waals surface area contributed by atoms with E-state index in [1.807, 2.05) is 0 Å². The summed E-state index contributed by atoms with van der Waals surface area (Å²) in [5, 5.41) is 3.75. The van der Waals surface area contributed by atoms with Gasteiger partial charge in [0.05, 0.1) is 19.6 Å². The van der Waals surface area contributed by atoms with Crippen molar-refractivity contribution in [2.75, 3.05) is 13.2 Å². The van der Waals surface area contributed by atoms with Crippen molar-refractivity contribution < 1.29 is 9.57 Å². The average molecular weight is 156 g/mol. The maximum atomic E-state index is 5.52. The topological polar surface area (TPSA) is 56.8 Å². The highest BCUT2D eigenvalue weighted by atomic mass is 16.7. The number of nitrogens with two attached hydrogens (primary N) is 1. The van der Waals surface area contributed by atoms with Gasteiger partial charge in [-0.1, -0.05) is 5.16 Å². The average Bonchev–Trinajstić information content (AvgIpc) is 2.34. The summed E-state index contributed by atoms with van der Waals surface area (Å²) >= 11 is 0. The highest BCUT2D eigenvalue weighted by Crippen LogP contribution is 2.32. The number of oxime groups is 1. The molecule has 11 heavy (non-hydrogen) atoms. The van der Waals surface area contributed by atoms with Crippen LogP contribution < -0.4 is 5.73 Å². The van der Waals surface area contributed by atoms with E-state index >= 15 is 0 Å². The van der Waals surface area contributed by atoms with E-state index in [1.165, 1.54) is 0 Å². The zero-order valence-corrected chi connectivity index (χ0v) is 6.38. The van der Waals surface area contributed by atoms with E-state index in [-0.39, 0.29) is 5.60 Å². The van der Waals surface area contributed by atoms with Crippen LogP contribution in [0.25, 0.3) is 0 Å². The number of nitrogens with zero attached hydrogens (tertiary/aromatic N) is 1. The Kier molecular flexibility index (Phi) is 1.49. The van der Waals surface area contributed by atoms with Gasteiger partial charge in [0.25, 0.3) is 0 Å². The van der Waals surface area contributed by atoms with Crippen molar-refractivity contribution in [2.45, 2.75) is 24.9 Å². The van der Waals surface area contributed by atoms with Crippen molar-refractivity contribution in [3.63, 3.8) is 0 Å². The lowest BCUT2D eigenvalue weighted by Crippen LogP contribution is -2.37. The molecule has 0 aromatic rings. The maximum Gasteiger partial charge on any atom is 0.149 e. The standard InChI is InChI=1S/C7H12N2O2/c8-6-5-7(11-9-6)1-3-10-4-2-7/h1-5H2,(H2,8,9). The molecule has 2 aliphatic heterocycles. The lowest BCUT2D eigenvalue weighted by Gasteiger charge is -2.29. The van der Waals surface area contributed by atoms with E-state index in [1.54, 1.807) is 0 Å². The molecular formula is C7H12N2O2. The predicted octanol–water partition coefficient (Wildman–Crippen LogP) is 0.228. The van der Waals surface area contributed by atoms with Gasteiger partial charge in [0.1, 0.15) is 11.4 Å². The smallest absolute Gasteiger partial charge is 0.149 e. The first-order valence-electron chi connectivity index (χ1n) is 3.89. The minimum Gasteiger partial charge on any atom is -0.387 e. The molecule has 0 aromatic carbocycles. The Bertz CT molecular complexity index is 185. The van der Waals surface area contributed by atoms with Gasteiger partial charge in [0, 0.05) is 12.8 Å². The fraction of sp³-hybridized carbons (Fsp3) is 0.857. The largest absolute Gasteiger partial charge is 0.387 e. The molecule has 1 fully saturated rings. The van der Waals surface area contributed by atoms with E-state index < -0.39 is 0 Å². The minimum atomic E-state index is -0.109. The van der Waals surface area contributed by atoms with E-state index in [4.69, 9.17) is 15.3 Å². The number of hydrogen-bond donors (Lipinski definition) is 1. The third kappa shape index (κ3) is 1.18. The molecule has 0 radical (unpaired) electrons. The third-order valence-electron chi connectivity index (χ3n) is 2.26. The van der Waals surface area contributed by atoms with E-state index in [0.717, 1.165) is 32.5 Å². The van der Waals surface area contributed by atoms with Crippen LogP contribution in [-0.2, 0) is 9.57 Å². The molecule has 2 aliphatic rings. The van der Waals surface area contributed by atoms with Gasteiger partial charge in [0.2, 0.25) is 0 Å². The van der Waals surface area contributed by atoms with Crippen LogP contribution in [0.4, 0.5) is 0 Å². The Hall–Kier alpha value is -0.770. The van der Waals surface area contributed by atoms with Gasteiger partial charge in [-0.3, -0.25) is 0 Å². The molecule has 0 amide bonds. The highest BCUT2D eigenvalue weighted by Gasteiger charge is 2.39. The van der Waals surface area contributed by atoms with Crippen LogP contribution in [0.15, 0.2) is 5.16 Å². The molecule has 62 valence electrons. The van der Waals surface area contributed by atoms with Gasteiger partial charge in [-0.2, -0.15) is 0 Å². The molecule has 0 unspecified atom stereocenters. The molecule has 1 spiro atoms. The number of rotatable bonds is 0.